The van der Waals surface area contributed by atoms with Crippen LogP contribution in [0.15, 0.2) is 406 Å². The Morgan fingerprint density at radius 1 is 0.180 bits per heavy atom. The lowest BCUT2D eigenvalue weighted by atomic mass is 9.90. The highest BCUT2D eigenvalue weighted by molar-refractivity contribution is 6.26. The van der Waals surface area contributed by atoms with E-state index in [0.29, 0.717) is 34.7 Å². The number of nitrogens with zero attached hydrogens (tertiary/aromatic N) is 9. The Balaban J connectivity index is 0.000000142. The molecule has 0 atom stereocenters. The zero-order valence-corrected chi connectivity index (χ0v) is 65.7. The number of aromatic nitrogens is 7. The molecule has 0 radical (unpaired) electrons. The van der Waals surface area contributed by atoms with Crippen LogP contribution in [0.4, 0.5) is 11.4 Å². The minimum absolute atomic E-state index is 0.635. The van der Waals surface area contributed by atoms with Gasteiger partial charge >= 0.3 is 0 Å². The topological polar surface area (TPSA) is 83.0 Å². The molecule has 0 unspecified atom stereocenters. The largest absolute Gasteiger partial charge is 0.310 e. The first-order valence-corrected chi connectivity index (χ1v) is 40.9. The van der Waals surface area contributed by atoms with Crippen LogP contribution < -0.4 is 0 Å². The van der Waals surface area contributed by atoms with E-state index in [1.807, 2.05) is 109 Å². The third kappa shape index (κ3) is 12.4. The fourth-order valence-corrected chi connectivity index (χ4v) is 18.2. The Hall–Kier alpha value is -16.9. The lowest BCUT2D eigenvalue weighted by molar-refractivity contribution is 1.07. The molecule has 564 valence electrons. The third-order valence-electron chi connectivity index (χ3n) is 24.0. The van der Waals surface area contributed by atoms with Gasteiger partial charge in [-0.05, 0) is 212 Å². The van der Waals surface area contributed by atoms with Crippen molar-refractivity contribution in [3.8, 4) is 124 Å². The molecule has 24 rings (SSSR count). The molecular weight excluding hydrogens is 1480 g/mol. The first-order chi connectivity index (χ1) is 60.3. The van der Waals surface area contributed by atoms with Crippen molar-refractivity contribution >= 4 is 120 Å². The van der Waals surface area contributed by atoms with Crippen molar-refractivity contribution in [2.24, 2.45) is 0 Å². The van der Waals surface area contributed by atoms with Crippen LogP contribution >= 0.6 is 0 Å². The van der Waals surface area contributed by atoms with Gasteiger partial charge in [-0.3, -0.25) is 0 Å². The Bertz CT molecular complexity index is 7600. The normalized spacial score (nSPS) is 11.6. The van der Waals surface area contributed by atoms with Crippen LogP contribution in [0.3, 0.4) is 0 Å². The minimum atomic E-state index is 0.635. The lowest BCUT2D eigenvalue weighted by Gasteiger charge is -2.15. The maximum absolute atomic E-state index is 7.65. The highest BCUT2D eigenvalue weighted by Gasteiger charge is 2.22. The van der Waals surface area contributed by atoms with Crippen LogP contribution in [0.1, 0.15) is 0 Å². The quantitative estimate of drug-likeness (QED) is 0.0899. The highest BCUT2D eigenvalue weighted by Crippen LogP contribution is 2.46. The van der Waals surface area contributed by atoms with E-state index in [2.05, 4.69) is 316 Å². The molecule has 24 aromatic rings. The van der Waals surface area contributed by atoms with Crippen LogP contribution in [-0.4, -0.2) is 34.1 Å². The van der Waals surface area contributed by atoms with Crippen LogP contribution in [0.25, 0.3) is 242 Å². The summed E-state index contributed by atoms with van der Waals surface area (Å²) in [6.45, 7) is 15.3. The summed E-state index contributed by atoms with van der Waals surface area (Å²) in [6.07, 6.45) is 0. The fourth-order valence-electron chi connectivity index (χ4n) is 18.2. The van der Waals surface area contributed by atoms with E-state index in [4.69, 9.17) is 38.1 Å². The van der Waals surface area contributed by atoms with Gasteiger partial charge in [0.05, 0.1) is 35.6 Å². The number of fused-ring (bicyclic) bond motifs is 6. The molecule has 0 bridgehead atoms. The van der Waals surface area contributed by atoms with Crippen molar-refractivity contribution in [2.45, 2.75) is 0 Å². The molecule has 122 heavy (non-hydrogen) atoms. The average Bonchev–Trinajstić information content (AvgIpc) is 1.64. The van der Waals surface area contributed by atoms with Gasteiger partial charge in [-0.1, -0.05) is 303 Å². The predicted octanol–water partition coefficient (Wildman–Crippen LogP) is 30.1. The van der Waals surface area contributed by atoms with Crippen LogP contribution in [0.2, 0.25) is 0 Å². The summed E-state index contributed by atoms with van der Waals surface area (Å²) >= 11 is 0. The molecule has 0 saturated carbocycles. The first kappa shape index (κ1) is 70.5. The van der Waals surface area contributed by atoms with Gasteiger partial charge in [0.15, 0.2) is 34.7 Å². The molecule has 9 heteroatoms. The summed E-state index contributed by atoms with van der Waals surface area (Å²) < 4.78 is 4.55. The van der Waals surface area contributed by atoms with Crippen molar-refractivity contribution < 1.29 is 0 Å². The molecule has 0 aliphatic rings. The standard InChI is InChI=1S/C57H34N4.C56H33N5/c1-58-47-26-28-50-49-27-25-40(33-53(49)61(54(50)34-47)48-15-9-4-10-16-48)36-17-19-37(20-18-36)45-29-41-21-23-43-31-46(32-44-24-22-42(30-45)55(41)56(43)44)57-59-51(38-11-5-2-6-12-38)35-52(60-57)39-13-7-3-8-14-39;1-57-46-26-28-49-48-27-25-39(33-50(48)61(51(49)34-46)47-15-9-4-10-16-47)35-17-19-36(20-18-35)44-29-40-21-23-42-31-45(32-43-24-22-41(30-44)52(40)53(42)43)56-59-54(37-11-5-2-6-12-37)58-55(60-56)38-13-7-3-8-14-38/h2-35H;2-34H. The van der Waals surface area contributed by atoms with E-state index >= 15 is 0 Å². The average molecular weight is 1550 g/mol. The SMILES string of the molecule is [C-]#[N+]c1ccc2c3ccc(-c4ccc(-c5cc6ccc7cc(-c8nc(-c9ccccc9)cc(-c9ccccc9)n8)cc8ccc(c5)c6c78)cc4)cc3n(-c3ccccc3)c2c1.[C-]#[N+]c1ccc2c3ccc(-c4ccc(-c5cc6ccc7cc(-c8nc(-c9ccccc9)nc(-c9ccccc9)n8)cc8ccc(c5)c6c78)cc4)cc3n(-c3ccccc3)c2c1. The molecule has 0 N–H and O–H groups in total. The van der Waals surface area contributed by atoms with Gasteiger partial charge in [-0.15, -0.1) is 0 Å². The van der Waals surface area contributed by atoms with Gasteiger partial charge in [-0.2, -0.15) is 0 Å². The van der Waals surface area contributed by atoms with Gasteiger partial charge in [0, 0.05) is 77.3 Å². The first-order valence-electron chi connectivity index (χ1n) is 40.9. The second-order valence-corrected chi connectivity index (χ2v) is 31.3. The summed E-state index contributed by atoms with van der Waals surface area (Å²) in [5.74, 6) is 2.67. The maximum atomic E-state index is 7.65. The zero-order chi connectivity index (χ0) is 80.9. The summed E-state index contributed by atoms with van der Waals surface area (Å²) in [5, 5.41) is 19.2. The molecule has 0 spiro atoms. The van der Waals surface area contributed by atoms with E-state index in [9.17, 15) is 0 Å². The van der Waals surface area contributed by atoms with Crippen LogP contribution in [-0.2, 0) is 0 Å². The molecule has 4 aromatic heterocycles. The number of benzene rings is 20. The highest BCUT2D eigenvalue weighted by atomic mass is 15.0. The Morgan fingerprint density at radius 2 is 0.426 bits per heavy atom. The second kappa shape index (κ2) is 29.1. The number of hydrogen-bond donors (Lipinski definition) is 0. The molecule has 9 nitrogen and oxygen atoms in total. The number of para-hydroxylation sites is 2. The maximum Gasteiger partial charge on any atom is 0.189 e. The molecular formula is C113H67N9. The smallest absolute Gasteiger partial charge is 0.189 e. The van der Waals surface area contributed by atoms with Crippen molar-refractivity contribution in [2.75, 3.05) is 0 Å². The second-order valence-electron chi connectivity index (χ2n) is 31.3. The fraction of sp³-hybridized carbons (Fsp3) is 0. The van der Waals surface area contributed by atoms with Crippen molar-refractivity contribution in [1.82, 2.24) is 34.1 Å². The number of rotatable bonds is 12. The third-order valence-corrected chi connectivity index (χ3v) is 24.0. The van der Waals surface area contributed by atoms with E-state index < -0.39 is 0 Å². The molecule has 4 heterocycles. The summed E-state index contributed by atoms with van der Waals surface area (Å²) in [5.41, 5.74) is 24.8. The molecule has 0 aliphatic carbocycles. The Labute approximate surface area is 702 Å². The Morgan fingerprint density at radius 3 is 0.738 bits per heavy atom. The van der Waals surface area contributed by atoms with E-state index in [1.165, 1.54) is 86.9 Å². The molecule has 0 amide bonds. The number of hydrogen-bond acceptors (Lipinski definition) is 5. The van der Waals surface area contributed by atoms with Crippen molar-refractivity contribution in [1.29, 1.82) is 0 Å². The van der Waals surface area contributed by atoms with E-state index in [0.717, 1.165) is 122 Å². The summed E-state index contributed by atoms with van der Waals surface area (Å²) in [7, 11) is 0. The van der Waals surface area contributed by atoms with Crippen molar-refractivity contribution in [3.63, 3.8) is 0 Å². The predicted molar refractivity (Wildman–Crippen MR) is 505 cm³/mol. The summed E-state index contributed by atoms with van der Waals surface area (Å²) in [4.78, 5) is 32.7. The molecule has 0 aliphatic heterocycles. The Kier molecular flexibility index (Phi) is 16.8. The minimum Gasteiger partial charge on any atom is -0.310 e. The van der Waals surface area contributed by atoms with Gasteiger partial charge < -0.3 is 9.13 Å². The van der Waals surface area contributed by atoms with Crippen LogP contribution in [0.5, 0.6) is 0 Å². The molecule has 0 fully saturated rings. The van der Waals surface area contributed by atoms with Gasteiger partial charge in [-0.25, -0.2) is 34.6 Å². The van der Waals surface area contributed by atoms with Gasteiger partial charge in [0.25, 0.3) is 0 Å². The lowest BCUT2D eigenvalue weighted by Crippen LogP contribution is -2.00. The van der Waals surface area contributed by atoms with Gasteiger partial charge in [0.1, 0.15) is 0 Å². The van der Waals surface area contributed by atoms with Crippen LogP contribution in [0, 0.1) is 13.1 Å². The zero-order valence-electron chi connectivity index (χ0n) is 65.7. The van der Waals surface area contributed by atoms with Crippen molar-refractivity contribution in [3.05, 3.63) is 429 Å². The monoisotopic (exact) mass is 1550 g/mol. The molecule has 0 saturated heterocycles. The van der Waals surface area contributed by atoms with Gasteiger partial charge in [0.2, 0.25) is 0 Å². The van der Waals surface area contributed by atoms with E-state index in [1.54, 1.807) is 0 Å². The van der Waals surface area contributed by atoms with E-state index in [-0.39, 0.29) is 0 Å². The summed E-state index contributed by atoms with van der Waals surface area (Å²) in [6, 6.07) is 143. The molecule has 20 aromatic carbocycles.